The molecular weight excluding hydrogens is 456 g/mol. The molecule has 3 aromatic carbocycles. The van der Waals surface area contributed by atoms with Gasteiger partial charge in [0.05, 0.1) is 17.1 Å². The number of halogens is 1. The molecule has 1 atom stereocenters. The van der Waals surface area contributed by atoms with Crippen LogP contribution in [0.2, 0.25) is 0 Å². The van der Waals surface area contributed by atoms with E-state index in [0.717, 1.165) is 11.1 Å². The van der Waals surface area contributed by atoms with Crippen LogP contribution < -0.4 is 10.6 Å². The van der Waals surface area contributed by atoms with Crippen LogP contribution in [0.3, 0.4) is 0 Å². The zero-order valence-electron chi connectivity index (χ0n) is 16.8. The first-order chi connectivity index (χ1) is 15.1. The van der Waals surface area contributed by atoms with Crippen molar-refractivity contribution in [2.24, 2.45) is 0 Å². The number of carbonyl (C=O) groups is 2. The molecule has 0 saturated carbocycles. The highest BCUT2D eigenvalue weighted by Crippen LogP contribution is 2.24. The Balaban J connectivity index is 1.86. The van der Waals surface area contributed by atoms with Crippen LogP contribution in [0.15, 0.2) is 96.7 Å². The summed E-state index contributed by atoms with van der Waals surface area (Å²) >= 11 is 3.47. The monoisotopic (exact) mass is 478 g/mol. The molecular formula is C25H23BrN2O3. The van der Waals surface area contributed by atoms with Crippen molar-refractivity contribution in [2.45, 2.75) is 12.5 Å². The SMILES string of the molecule is O=C(N[C@H](CO)Cc1ccccc1)/C(NC(=O)c1ccccc1)=C(/Br)c1ccccc1. The molecule has 2 amide bonds. The molecule has 0 unspecified atom stereocenters. The van der Waals surface area contributed by atoms with Crippen molar-refractivity contribution in [1.29, 1.82) is 0 Å². The van der Waals surface area contributed by atoms with E-state index < -0.39 is 17.9 Å². The van der Waals surface area contributed by atoms with Crippen LogP contribution in [0.1, 0.15) is 21.5 Å². The van der Waals surface area contributed by atoms with Crippen molar-refractivity contribution >= 4 is 32.2 Å². The Hall–Kier alpha value is -3.22. The molecule has 3 N–H and O–H groups in total. The van der Waals surface area contributed by atoms with Crippen LogP contribution in [0.25, 0.3) is 4.48 Å². The maximum atomic E-state index is 13.2. The fourth-order valence-corrected chi connectivity index (χ4v) is 3.58. The van der Waals surface area contributed by atoms with Crippen molar-refractivity contribution in [3.63, 3.8) is 0 Å². The Bertz CT molecular complexity index is 1040. The van der Waals surface area contributed by atoms with E-state index in [0.29, 0.717) is 16.5 Å². The third-order valence-corrected chi connectivity index (χ3v) is 5.48. The number of benzene rings is 3. The Morgan fingerprint density at radius 2 is 1.32 bits per heavy atom. The topological polar surface area (TPSA) is 78.4 Å². The molecule has 158 valence electrons. The molecule has 0 heterocycles. The molecule has 0 fully saturated rings. The van der Waals surface area contributed by atoms with Crippen molar-refractivity contribution in [3.8, 4) is 0 Å². The highest BCUT2D eigenvalue weighted by Gasteiger charge is 2.22. The predicted molar refractivity (Wildman–Crippen MR) is 125 cm³/mol. The maximum Gasteiger partial charge on any atom is 0.269 e. The van der Waals surface area contributed by atoms with Gasteiger partial charge in [0.2, 0.25) is 0 Å². The highest BCUT2D eigenvalue weighted by molar-refractivity contribution is 9.15. The minimum absolute atomic E-state index is 0.0755. The zero-order valence-corrected chi connectivity index (χ0v) is 18.4. The first kappa shape index (κ1) is 22.5. The quantitative estimate of drug-likeness (QED) is 0.429. The van der Waals surface area contributed by atoms with Gasteiger partial charge in [-0.05, 0) is 45.6 Å². The normalized spacial score (nSPS) is 12.5. The van der Waals surface area contributed by atoms with Crippen LogP contribution in [0, 0.1) is 0 Å². The van der Waals surface area contributed by atoms with Gasteiger partial charge in [-0.1, -0.05) is 78.9 Å². The Labute approximate surface area is 189 Å². The molecule has 0 spiro atoms. The molecule has 0 aliphatic carbocycles. The van der Waals surface area contributed by atoms with Gasteiger partial charge in [-0.25, -0.2) is 0 Å². The van der Waals surface area contributed by atoms with E-state index in [2.05, 4.69) is 26.6 Å². The molecule has 0 saturated heterocycles. The zero-order chi connectivity index (χ0) is 22.1. The van der Waals surface area contributed by atoms with Crippen molar-refractivity contribution in [3.05, 3.63) is 113 Å². The number of aliphatic hydroxyl groups is 1. The molecule has 0 bridgehead atoms. The number of aliphatic hydroxyl groups excluding tert-OH is 1. The van der Waals surface area contributed by atoms with Gasteiger partial charge in [-0.2, -0.15) is 0 Å². The second-order valence-electron chi connectivity index (χ2n) is 6.92. The number of hydrogen-bond donors (Lipinski definition) is 3. The summed E-state index contributed by atoms with van der Waals surface area (Å²) in [7, 11) is 0. The van der Waals surface area contributed by atoms with Gasteiger partial charge in [-0.15, -0.1) is 0 Å². The van der Waals surface area contributed by atoms with Gasteiger partial charge < -0.3 is 15.7 Å². The first-order valence-electron chi connectivity index (χ1n) is 9.85. The van der Waals surface area contributed by atoms with E-state index in [1.165, 1.54) is 0 Å². The summed E-state index contributed by atoms with van der Waals surface area (Å²) in [6.07, 6.45) is 0.464. The number of rotatable bonds is 8. The van der Waals surface area contributed by atoms with E-state index in [1.807, 2.05) is 66.7 Å². The third-order valence-electron chi connectivity index (χ3n) is 4.63. The van der Waals surface area contributed by atoms with Gasteiger partial charge >= 0.3 is 0 Å². The number of hydrogen-bond acceptors (Lipinski definition) is 3. The molecule has 0 aromatic heterocycles. The molecule has 0 radical (unpaired) electrons. The van der Waals surface area contributed by atoms with Crippen molar-refractivity contribution < 1.29 is 14.7 Å². The summed E-state index contributed by atoms with van der Waals surface area (Å²) in [6, 6.07) is 27.0. The van der Waals surface area contributed by atoms with Crippen molar-refractivity contribution in [1.82, 2.24) is 10.6 Å². The molecule has 3 rings (SSSR count). The molecule has 31 heavy (non-hydrogen) atoms. The summed E-state index contributed by atoms with van der Waals surface area (Å²) in [6.45, 7) is -0.233. The Morgan fingerprint density at radius 3 is 1.87 bits per heavy atom. The fourth-order valence-electron chi connectivity index (χ4n) is 3.03. The number of nitrogens with one attached hydrogen (secondary N) is 2. The van der Waals surface area contributed by atoms with Crippen LogP contribution in [-0.2, 0) is 11.2 Å². The van der Waals surface area contributed by atoms with E-state index in [4.69, 9.17) is 0 Å². The minimum Gasteiger partial charge on any atom is -0.394 e. The van der Waals surface area contributed by atoms with E-state index in [9.17, 15) is 14.7 Å². The second-order valence-corrected chi connectivity index (χ2v) is 7.71. The first-order valence-corrected chi connectivity index (χ1v) is 10.6. The van der Waals surface area contributed by atoms with E-state index >= 15 is 0 Å². The maximum absolute atomic E-state index is 13.2. The van der Waals surface area contributed by atoms with Crippen LogP contribution in [0.5, 0.6) is 0 Å². The van der Waals surface area contributed by atoms with E-state index in [-0.39, 0.29) is 12.3 Å². The van der Waals surface area contributed by atoms with Gasteiger partial charge in [0.25, 0.3) is 11.8 Å². The summed E-state index contributed by atoms with van der Waals surface area (Å²) in [5.41, 5.74) is 2.24. The second kappa shape index (κ2) is 11.2. The number of carbonyl (C=O) groups excluding carboxylic acids is 2. The molecule has 6 heteroatoms. The van der Waals surface area contributed by atoms with Crippen LogP contribution in [0.4, 0.5) is 0 Å². The molecule has 0 aliphatic rings. The largest absolute Gasteiger partial charge is 0.394 e. The number of amides is 2. The lowest BCUT2D eigenvalue weighted by molar-refractivity contribution is -0.118. The Kier molecular flexibility index (Phi) is 8.15. The lowest BCUT2D eigenvalue weighted by Crippen LogP contribution is -2.43. The van der Waals surface area contributed by atoms with Crippen LogP contribution >= 0.6 is 15.9 Å². The summed E-state index contributed by atoms with van der Waals surface area (Å²) in [5, 5.41) is 15.4. The highest BCUT2D eigenvalue weighted by atomic mass is 79.9. The predicted octanol–water partition coefficient (Wildman–Crippen LogP) is 3.90. The molecule has 5 nitrogen and oxygen atoms in total. The molecule has 3 aromatic rings. The smallest absolute Gasteiger partial charge is 0.269 e. The van der Waals surface area contributed by atoms with Gasteiger partial charge in [0.15, 0.2) is 0 Å². The summed E-state index contributed by atoms with van der Waals surface area (Å²) in [5.74, 6) is -0.891. The van der Waals surface area contributed by atoms with Crippen molar-refractivity contribution in [2.75, 3.05) is 6.61 Å². The van der Waals surface area contributed by atoms with E-state index in [1.54, 1.807) is 24.3 Å². The van der Waals surface area contributed by atoms with Gasteiger partial charge in [-0.3, -0.25) is 9.59 Å². The average Bonchev–Trinajstić information content (AvgIpc) is 2.83. The minimum atomic E-state index is -0.505. The summed E-state index contributed by atoms with van der Waals surface area (Å²) in [4.78, 5) is 25.9. The standard InChI is InChI=1S/C25H23BrN2O3/c26-22(19-12-6-2-7-13-19)23(28-24(30)20-14-8-3-9-15-20)25(31)27-21(17-29)16-18-10-4-1-5-11-18/h1-15,21,29H,16-17H2,(H,27,31)(H,28,30)/b23-22-/t21-/m0/s1. The Morgan fingerprint density at radius 1 is 0.806 bits per heavy atom. The lowest BCUT2D eigenvalue weighted by Gasteiger charge is -2.19. The lowest BCUT2D eigenvalue weighted by atomic mass is 10.1. The molecule has 0 aliphatic heterocycles. The van der Waals surface area contributed by atoms with Crippen LogP contribution in [-0.4, -0.2) is 29.6 Å². The fraction of sp³-hybridized carbons (Fsp3) is 0.120. The summed E-state index contributed by atoms with van der Waals surface area (Å²) < 4.78 is 0.450. The van der Waals surface area contributed by atoms with Gasteiger partial charge in [0.1, 0.15) is 5.70 Å². The average molecular weight is 479 g/mol. The third kappa shape index (κ3) is 6.38. The van der Waals surface area contributed by atoms with Gasteiger partial charge in [0, 0.05) is 5.56 Å².